The van der Waals surface area contributed by atoms with Crippen molar-refractivity contribution in [2.24, 2.45) is 4.99 Å². The number of carbonyl (C=O) groups is 8. The van der Waals surface area contributed by atoms with Gasteiger partial charge in [-0.3, -0.25) is 53.5 Å². The molecule has 30 nitrogen and oxygen atoms in total. The first kappa shape index (κ1) is 114. The number of ketones is 2. The molecule has 6 aromatic heterocycles. The van der Waals surface area contributed by atoms with E-state index < -0.39 is 87.1 Å². The van der Waals surface area contributed by atoms with Gasteiger partial charge in [-0.15, -0.1) is 24.8 Å². The minimum atomic E-state index is -4.67. The van der Waals surface area contributed by atoms with Crippen LogP contribution in [-0.4, -0.2) is 121 Å². The Morgan fingerprint density at radius 1 is 0.437 bits per heavy atom. The number of hydrogen-bond donors (Lipinski definition) is 8. The number of carboxylic acids is 1. The number of carbonyl (C=O) groups excluding carboxylic acids is 8. The van der Waals surface area contributed by atoms with E-state index in [-0.39, 0.29) is 108 Å². The van der Waals surface area contributed by atoms with Crippen molar-refractivity contribution >= 4 is 189 Å². The molecule has 48 heteroatoms. The molecule has 0 fully saturated rings. The maximum Gasteiger partial charge on any atom is 0.417 e. The van der Waals surface area contributed by atoms with E-state index in [9.17, 15) is 87.2 Å². The van der Waals surface area contributed by atoms with Gasteiger partial charge in [-0.05, 0) is 207 Å². The first-order valence-electron chi connectivity index (χ1n) is 37.7. The van der Waals surface area contributed by atoms with E-state index in [1.807, 2.05) is 0 Å². The zero-order valence-electron chi connectivity index (χ0n) is 70.1. The molecule has 0 aliphatic heterocycles. The van der Waals surface area contributed by atoms with E-state index >= 15 is 0 Å². The molecule has 0 saturated heterocycles. The molecular weight excluding hydrogens is 1980 g/mol. The number of amides is 6. The number of nitrogens with zero attached hydrogens (tertiary/aromatic N) is 7. The Morgan fingerprint density at radius 3 is 1.15 bits per heavy atom. The van der Waals surface area contributed by atoms with Crippen LogP contribution < -0.4 is 51.8 Å². The van der Waals surface area contributed by atoms with Gasteiger partial charge in [0.05, 0.1) is 56.8 Å². The Labute approximate surface area is 805 Å². The summed E-state index contributed by atoms with van der Waals surface area (Å²) in [5.74, 6) is 0.725. The number of nitrogen functional groups attached to an aromatic ring is 1. The third-order valence-corrected chi connectivity index (χ3v) is 19.5. The standard InChI is InChI=1S/C26H27ClF3N4O6P.C21H16ClF3N4O3.C13H12N2O2.C8H3ClF3NO.C7H6ClNO.C6H3Cl2NO.C6H5NO2.2ClH/c1-3-38-41(37,39-4-2)14-13-32-24(35)23-16-20(11-12-31-23)40-19-8-5-17(6-9-19)33-25(36)34-18-7-10-22(27)21(15-18)26(28,29)30;1-26-19(30)18-11-15(8-9-27-18)32-14-5-2-12(3-6-14)28-20(31)29-13-4-7-17(22)16(10-13)21(23,24)25;1-9(16)13-8-12(6-7-15-13)17-11-4-2-10(14)3-5-11;9-7-2-1-5(13-4-14)3-6(7)8(10,11)12;1-5(10)7-4-6(8)2-3-9-7;7-4-1-2-9-5(3-4)6(8)10;8-6(9)5-3-1-2-4-7-5;;/h5-12,15-16H,3-4,13-14H2,1-2H3,(H,32,35)(H2,33,34,36);2-11H,1H3,(H,26,30)(H2,28,29,31);2-8H,14H2,1H3;1-3H;2-4H,1H3;1-3H;1-4H,(H,8,9);2*1H. The number of nitrogens with two attached hydrogens (primary N) is 1. The van der Waals surface area contributed by atoms with Gasteiger partial charge in [-0.2, -0.15) is 44.5 Å². The van der Waals surface area contributed by atoms with Crippen LogP contribution in [0.4, 0.5) is 83.2 Å². The van der Waals surface area contributed by atoms with Crippen molar-refractivity contribution in [1.82, 2.24) is 40.5 Å². The molecule has 9 N–H and O–H groups in total. The van der Waals surface area contributed by atoms with Gasteiger partial charge in [-0.1, -0.05) is 64.1 Å². The van der Waals surface area contributed by atoms with Crippen molar-refractivity contribution < 1.29 is 116 Å². The van der Waals surface area contributed by atoms with Crippen LogP contribution in [0.5, 0.6) is 34.5 Å². The summed E-state index contributed by atoms with van der Waals surface area (Å²) in [6.45, 7) is 6.79. The van der Waals surface area contributed by atoms with Gasteiger partial charge in [0.15, 0.2) is 11.6 Å². The second-order valence-corrected chi connectivity index (χ2v) is 30.2. The number of halogens is 17. The fourth-order valence-electron chi connectivity index (χ4n) is 9.79. The Morgan fingerprint density at radius 2 is 0.793 bits per heavy atom. The minimum Gasteiger partial charge on any atom is -0.477 e. The Kier molecular flexibility index (Phi) is 47.2. The van der Waals surface area contributed by atoms with Gasteiger partial charge < -0.3 is 66.0 Å². The second kappa shape index (κ2) is 55.9. The molecule has 0 spiro atoms. The second-order valence-electron chi connectivity index (χ2n) is 25.6. The molecule has 712 valence electrons. The highest BCUT2D eigenvalue weighted by Crippen LogP contribution is 2.47. The summed E-state index contributed by atoms with van der Waals surface area (Å²) in [4.78, 5) is 127. The molecule has 135 heavy (non-hydrogen) atoms. The number of aromatic carboxylic acids is 1. The number of aromatic nitrogens is 6. The number of pyridine rings is 6. The molecule has 0 saturated carbocycles. The number of anilines is 5. The highest BCUT2D eigenvalue weighted by molar-refractivity contribution is 7.53. The Bertz CT molecular complexity index is 6050. The van der Waals surface area contributed by atoms with E-state index in [0.29, 0.717) is 79.1 Å². The van der Waals surface area contributed by atoms with Crippen LogP contribution in [-0.2, 0) is 36.9 Å². The highest BCUT2D eigenvalue weighted by Gasteiger charge is 2.36. The number of ether oxygens (including phenoxy) is 3. The summed E-state index contributed by atoms with van der Waals surface area (Å²) in [6, 6.07) is 47.1. The van der Waals surface area contributed by atoms with E-state index in [1.54, 1.807) is 129 Å². The van der Waals surface area contributed by atoms with E-state index in [0.717, 1.165) is 36.4 Å². The van der Waals surface area contributed by atoms with Crippen molar-refractivity contribution in [3.8, 4) is 34.5 Å². The molecule has 0 bridgehead atoms. The van der Waals surface area contributed by atoms with Gasteiger partial charge in [0, 0.05) is 121 Å². The fourth-order valence-corrected chi connectivity index (χ4v) is 12.4. The molecule has 6 amide bonds. The van der Waals surface area contributed by atoms with Crippen LogP contribution in [0.1, 0.15) is 107 Å². The number of isocyanates is 1. The summed E-state index contributed by atoms with van der Waals surface area (Å²) in [5.41, 5.74) is 4.86. The topological polar surface area (TPSA) is 425 Å². The van der Waals surface area contributed by atoms with Crippen molar-refractivity contribution in [3.05, 3.63) is 319 Å². The Balaban J connectivity index is 0.000000355. The zero-order chi connectivity index (χ0) is 98.2. The van der Waals surface area contributed by atoms with Gasteiger partial charge in [0.25, 0.3) is 17.1 Å². The molecule has 0 aliphatic rings. The third kappa shape index (κ3) is 40.9. The number of urea groups is 2. The number of carboxylic acid groups (broad SMARTS) is 1. The smallest absolute Gasteiger partial charge is 0.417 e. The van der Waals surface area contributed by atoms with Crippen molar-refractivity contribution in [3.63, 3.8) is 0 Å². The Hall–Kier alpha value is -13.4. The molecular formula is C87H74Cl8F9N14O16P. The van der Waals surface area contributed by atoms with Crippen LogP contribution in [0.15, 0.2) is 248 Å². The predicted molar refractivity (Wildman–Crippen MR) is 495 cm³/mol. The molecule has 0 aliphatic carbocycles. The average Bonchev–Trinajstić information content (AvgIpc) is 0.817. The van der Waals surface area contributed by atoms with Gasteiger partial charge in [0.2, 0.25) is 6.08 Å². The number of aliphatic imine (C=N–C) groups is 1. The summed E-state index contributed by atoms with van der Waals surface area (Å²) in [7, 11) is -1.81. The van der Waals surface area contributed by atoms with Crippen LogP contribution in [0, 0.1) is 0 Å². The molecule has 6 heterocycles. The zero-order valence-corrected chi connectivity index (χ0v) is 77.2. The lowest BCUT2D eigenvalue weighted by Gasteiger charge is -2.17. The average molecular weight is 2060 g/mol. The minimum absolute atomic E-state index is 0. The summed E-state index contributed by atoms with van der Waals surface area (Å²) in [5, 5.41) is 22.1. The maximum absolute atomic E-state index is 13.0. The quantitative estimate of drug-likeness (QED) is 0.00530. The highest BCUT2D eigenvalue weighted by atomic mass is 35.5. The largest absolute Gasteiger partial charge is 0.477 e. The lowest BCUT2D eigenvalue weighted by Crippen LogP contribution is -2.27. The van der Waals surface area contributed by atoms with Crippen LogP contribution >= 0.6 is 102 Å². The number of rotatable bonds is 24. The first-order valence-corrected chi connectivity index (χ1v) is 41.7. The maximum atomic E-state index is 13.0. The fraction of sp³-hybridized carbons (Fsp3) is 0.138. The number of alkyl halides is 9. The monoisotopic (exact) mass is 2050 g/mol. The molecule has 0 radical (unpaired) electrons. The normalized spacial score (nSPS) is 10.5. The van der Waals surface area contributed by atoms with Crippen molar-refractivity contribution in [2.45, 2.75) is 46.2 Å². The first-order chi connectivity index (χ1) is 62.9. The predicted octanol–water partition coefficient (Wildman–Crippen LogP) is 24.4. The molecule has 0 atom stereocenters. The van der Waals surface area contributed by atoms with Crippen molar-refractivity contribution in [2.75, 3.05) is 60.0 Å². The summed E-state index contributed by atoms with van der Waals surface area (Å²) < 4.78 is 155. The van der Waals surface area contributed by atoms with E-state index in [2.05, 4.69) is 66.8 Å². The van der Waals surface area contributed by atoms with Gasteiger partial charge in [-0.25, -0.2) is 24.2 Å². The molecule has 12 aromatic rings. The van der Waals surface area contributed by atoms with E-state index in [1.165, 1.54) is 113 Å². The number of hydrogen-bond acceptors (Lipinski definition) is 23. The van der Waals surface area contributed by atoms with Gasteiger partial charge in [0.1, 0.15) is 68.7 Å². The third-order valence-electron chi connectivity index (χ3n) is 15.8. The SMILES string of the molecule is CC(=O)c1cc(Cl)ccn1.CC(=O)c1cc(Oc2ccc(N)cc2)ccn1.CCOP(=O)(CCNC(=O)c1cc(Oc2ccc(NC(=O)Nc3ccc(Cl)c(C(F)(F)F)c3)cc2)ccn1)OCC.CNC(=O)c1cc(Oc2ccc(NC(=O)Nc3ccc(Cl)c(C(F)(F)F)c3)cc2)ccn1.Cl.Cl.O=C(Cl)c1cc(Cl)ccn1.O=C(O)c1ccccn1.O=C=Nc1ccc(Cl)c(C(F)(F)F)c1. The van der Waals surface area contributed by atoms with Crippen molar-refractivity contribution in [1.29, 1.82) is 0 Å². The van der Waals surface area contributed by atoms with Crippen LogP contribution in [0.3, 0.4) is 0 Å². The lowest BCUT2D eigenvalue weighted by atomic mass is 10.2. The van der Waals surface area contributed by atoms with E-state index in [4.69, 9.17) is 104 Å². The number of nitrogens with one attached hydrogen (secondary N) is 6. The summed E-state index contributed by atoms with van der Waals surface area (Å²) in [6.07, 6.45) is -3.96. The molecule has 12 rings (SSSR count). The number of Topliss-reactive ketones (excluding diaryl/α,β-unsaturated/α-hetero) is 2. The van der Waals surface area contributed by atoms with Gasteiger partial charge >= 0.3 is 44.2 Å². The van der Waals surface area contributed by atoms with Crippen LogP contribution in [0.25, 0.3) is 0 Å². The lowest BCUT2D eigenvalue weighted by molar-refractivity contribution is -0.138. The molecule has 0 unspecified atom stereocenters. The summed E-state index contributed by atoms with van der Waals surface area (Å²) >= 11 is 32.7. The molecule has 6 aromatic carbocycles. The van der Waals surface area contributed by atoms with Crippen LogP contribution in [0.2, 0.25) is 25.1 Å². The number of benzene rings is 6.